The molecule has 0 radical (unpaired) electrons. The normalized spacial score (nSPS) is 21.6. The number of rotatable bonds is 9. The molecule has 1 fully saturated rings. The fraction of sp³-hybridized carbons (Fsp3) is 0.542. The Kier molecular flexibility index (Phi) is 6.57. The van der Waals surface area contributed by atoms with E-state index in [4.69, 9.17) is 13.6 Å². The van der Waals surface area contributed by atoms with Gasteiger partial charge in [0.1, 0.15) is 0 Å². The number of hydrogen-bond acceptors (Lipinski definition) is 5. The number of nitrogens with zero attached hydrogens (tertiary/aromatic N) is 2. The number of ether oxygens (including phenoxy) is 2. The average molecular weight is 436 g/mol. The van der Waals surface area contributed by atoms with Gasteiger partial charge in [0.25, 0.3) is 6.43 Å². The minimum atomic E-state index is -2.65. The molecule has 2 aromatic rings. The second-order valence-corrected chi connectivity index (χ2v) is 8.02. The molecule has 5 nitrogen and oxygen atoms in total. The molecule has 1 aliphatic rings. The molecule has 0 saturated heterocycles. The maximum atomic E-state index is 13.7. The van der Waals surface area contributed by atoms with Crippen LogP contribution in [0, 0.1) is 11.8 Å². The number of carbonyl (C=O) groups is 1. The summed E-state index contributed by atoms with van der Waals surface area (Å²) in [6, 6.07) is 4.58. The molecule has 0 aliphatic heterocycles. The minimum absolute atomic E-state index is 0.0142. The molecule has 168 valence electrons. The molecule has 2 heterocycles. The van der Waals surface area contributed by atoms with Gasteiger partial charge in [-0.2, -0.15) is 0 Å². The first kappa shape index (κ1) is 19.1. The van der Waals surface area contributed by atoms with Gasteiger partial charge in [-0.25, -0.2) is 18.7 Å². The summed E-state index contributed by atoms with van der Waals surface area (Å²) in [5.41, 5.74) is 0.902. The quantitative estimate of drug-likeness (QED) is 0.452. The zero-order valence-corrected chi connectivity index (χ0v) is 17.8. The topological polar surface area (TPSA) is 61.3 Å². The third-order valence-corrected chi connectivity index (χ3v) is 6.41. The van der Waals surface area contributed by atoms with Crippen LogP contribution in [-0.2, 0) is 0 Å². The Bertz CT molecular complexity index is 963. The molecule has 1 saturated carbocycles. The summed E-state index contributed by atoms with van der Waals surface area (Å²) in [4.78, 5) is 20.7. The summed E-state index contributed by atoms with van der Waals surface area (Å²) in [6.45, 7) is 2.05. The number of methoxy groups -OCH3 is 2. The van der Waals surface area contributed by atoms with Crippen molar-refractivity contribution in [3.8, 4) is 11.8 Å². The Morgan fingerprint density at radius 3 is 2.55 bits per heavy atom. The van der Waals surface area contributed by atoms with Crippen molar-refractivity contribution in [1.82, 2.24) is 9.97 Å². The molecule has 0 N–H and O–H groups in total. The van der Waals surface area contributed by atoms with Crippen LogP contribution in [0.1, 0.15) is 83.4 Å². The van der Waals surface area contributed by atoms with Crippen LogP contribution >= 0.6 is 0 Å². The Labute approximate surface area is 186 Å². The van der Waals surface area contributed by atoms with E-state index in [0.717, 1.165) is 32.1 Å². The smallest absolute Gasteiger partial charge is 0.269 e. The van der Waals surface area contributed by atoms with Crippen molar-refractivity contribution in [2.24, 2.45) is 11.8 Å². The summed E-state index contributed by atoms with van der Waals surface area (Å²) in [5.74, 6) is 0.387. The van der Waals surface area contributed by atoms with Gasteiger partial charge in [-0.1, -0.05) is 13.3 Å². The van der Waals surface area contributed by atoms with E-state index in [2.05, 4.69) is 16.9 Å². The third kappa shape index (κ3) is 5.38. The first-order valence-corrected chi connectivity index (χ1v) is 10.6. The van der Waals surface area contributed by atoms with Crippen molar-refractivity contribution in [1.29, 1.82) is 0 Å². The fourth-order valence-corrected chi connectivity index (χ4v) is 4.71. The Morgan fingerprint density at radius 2 is 1.97 bits per heavy atom. The van der Waals surface area contributed by atoms with Crippen LogP contribution < -0.4 is 9.47 Å². The van der Waals surface area contributed by atoms with Crippen molar-refractivity contribution in [2.75, 3.05) is 14.1 Å². The molecule has 31 heavy (non-hydrogen) atoms. The predicted octanol–water partition coefficient (Wildman–Crippen LogP) is 6.00. The van der Waals surface area contributed by atoms with Gasteiger partial charge >= 0.3 is 0 Å². The lowest BCUT2D eigenvalue weighted by Gasteiger charge is -2.34. The number of ketones is 1. The van der Waals surface area contributed by atoms with Crippen LogP contribution in [0.2, 0.25) is 0 Å². The van der Waals surface area contributed by atoms with E-state index in [0.29, 0.717) is 23.5 Å². The molecule has 7 heteroatoms. The molecule has 0 bridgehead atoms. The highest BCUT2D eigenvalue weighted by molar-refractivity contribution is 5.95. The third-order valence-electron chi connectivity index (χ3n) is 6.41. The van der Waals surface area contributed by atoms with Crippen LogP contribution in [0.4, 0.5) is 8.78 Å². The second kappa shape index (κ2) is 10.6. The van der Waals surface area contributed by atoms with E-state index >= 15 is 0 Å². The number of pyridine rings is 2. The van der Waals surface area contributed by atoms with E-state index in [9.17, 15) is 13.6 Å². The summed E-state index contributed by atoms with van der Waals surface area (Å²) < 4.78 is 58.6. The van der Waals surface area contributed by atoms with Crippen molar-refractivity contribution in [3.05, 3.63) is 47.3 Å². The molecule has 2 aromatic heterocycles. The zero-order valence-electron chi connectivity index (χ0n) is 20.8. The van der Waals surface area contributed by atoms with Gasteiger partial charge in [-0.05, 0) is 61.1 Å². The second-order valence-electron chi connectivity index (χ2n) is 8.02. The molecule has 1 atom stereocenters. The molecular formula is C24H30F2N2O3. The van der Waals surface area contributed by atoms with Crippen LogP contribution in [0.15, 0.2) is 30.6 Å². The van der Waals surface area contributed by atoms with E-state index in [1.807, 2.05) is 0 Å². The standard InChI is InChI=1S/C24H30F2N2O3/c1-4-15(13-20(29)18-9-10-21(30-2)28-14-18)16-5-7-17(8-6-16)19-11-12-27-24(31-3)22(19)23(25)26/h9-12,14-17,23H,4-8,13H2,1-3H3/t15-,16?,17?/m0/s1/i2D3. The number of hydrogen-bond donors (Lipinski definition) is 0. The molecule has 0 spiro atoms. The SMILES string of the molecule is [2H]C([2H])([2H])Oc1ccc(C(=O)C[C@H](CC)C2CCC(c3ccnc(OC)c3C(F)F)CC2)cn1. The van der Waals surface area contributed by atoms with Crippen LogP contribution in [-0.4, -0.2) is 29.9 Å². The van der Waals surface area contributed by atoms with E-state index in [1.54, 1.807) is 6.07 Å². The van der Waals surface area contributed by atoms with Gasteiger partial charge in [0.2, 0.25) is 11.8 Å². The van der Waals surface area contributed by atoms with Gasteiger partial charge in [-0.15, -0.1) is 0 Å². The molecule has 0 amide bonds. The summed E-state index contributed by atoms with van der Waals surface area (Å²) in [7, 11) is -1.25. The lowest BCUT2D eigenvalue weighted by atomic mass is 9.71. The predicted molar refractivity (Wildman–Crippen MR) is 114 cm³/mol. The number of alkyl halides is 2. The number of Topliss-reactive ketones (excluding diaryl/α,β-unsaturated/α-hetero) is 1. The van der Waals surface area contributed by atoms with E-state index in [-0.39, 0.29) is 34.9 Å². The Morgan fingerprint density at radius 1 is 1.19 bits per heavy atom. The maximum absolute atomic E-state index is 13.7. The lowest BCUT2D eigenvalue weighted by molar-refractivity contribution is 0.0924. The van der Waals surface area contributed by atoms with Crippen LogP contribution in [0.5, 0.6) is 11.8 Å². The van der Waals surface area contributed by atoms with Crippen molar-refractivity contribution in [2.45, 2.75) is 57.8 Å². The Balaban J connectivity index is 1.62. The van der Waals surface area contributed by atoms with E-state index in [1.165, 1.54) is 31.6 Å². The minimum Gasteiger partial charge on any atom is -0.481 e. The molecular weight excluding hydrogens is 402 g/mol. The molecule has 3 rings (SSSR count). The number of halogens is 2. The highest BCUT2D eigenvalue weighted by atomic mass is 19.3. The maximum Gasteiger partial charge on any atom is 0.269 e. The van der Waals surface area contributed by atoms with Crippen molar-refractivity contribution in [3.63, 3.8) is 0 Å². The van der Waals surface area contributed by atoms with Crippen LogP contribution in [0.3, 0.4) is 0 Å². The number of carbonyl (C=O) groups excluding carboxylic acids is 1. The summed E-state index contributed by atoms with van der Waals surface area (Å²) >= 11 is 0. The highest BCUT2D eigenvalue weighted by Crippen LogP contribution is 2.44. The average Bonchev–Trinajstić information content (AvgIpc) is 2.81. The summed E-state index contributed by atoms with van der Waals surface area (Å²) in [5, 5.41) is 0. The fourth-order valence-electron chi connectivity index (χ4n) is 4.71. The van der Waals surface area contributed by atoms with Gasteiger partial charge < -0.3 is 9.47 Å². The van der Waals surface area contributed by atoms with Crippen molar-refractivity contribution >= 4 is 5.78 Å². The first-order chi connectivity index (χ1) is 16.1. The largest absolute Gasteiger partial charge is 0.481 e. The molecule has 0 aromatic carbocycles. The van der Waals surface area contributed by atoms with Crippen molar-refractivity contribution < 1.29 is 27.2 Å². The van der Waals surface area contributed by atoms with Gasteiger partial charge in [0, 0.05) is 30.4 Å². The lowest BCUT2D eigenvalue weighted by Crippen LogP contribution is -2.23. The zero-order chi connectivity index (χ0) is 24.9. The van der Waals surface area contributed by atoms with Gasteiger partial charge in [-0.3, -0.25) is 4.79 Å². The molecule has 1 aliphatic carbocycles. The highest BCUT2D eigenvalue weighted by Gasteiger charge is 2.32. The monoisotopic (exact) mass is 435 g/mol. The van der Waals surface area contributed by atoms with Crippen LogP contribution in [0.25, 0.3) is 0 Å². The number of aromatic nitrogens is 2. The summed E-state index contributed by atoms with van der Waals surface area (Å²) in [6.07, 6.45) is 4.65. The Hall–Kier alpha value is -2.57. The first-order valence-electron chi connectivity index (χ1n) is 12.1. The molecule has 0 unspecified atom stereocenters. The van der Waals surface area contributed by atoms with E-state index < -0.39 is 13.5 Å². The van der Waals surface area contributed by atoms with Gasteiger partial charge in [0.05, 0.1) is 23.8 Å². The van der Waals surface area contributed by atoms with Gasteiger partial charge in [0.15, 0.2) is 5.78 Å².